The zero-order valence-electron chi connectivity index (χ0n) is 20.1. The summed E-state index contributed by atoms with van der Waals surface area (Å²) >= 11 is 1.09. The van der Waals surface area contributed by atoms with Crippen LogP contribution in [0.4, 0.5) is 10.1 Å². The number of H-pyrrole nitrogens is 2. The van der Waals surface area contributed by atoms with E-state index in [0.717, 1.165) is 60.5 Å². The predicted octanol–water partition coefficient (Wildman–Crippen LogP) is 6.68. The molecule has 0 radical (unpaired) electrons. The second kappa shape index (κ2) is 9.26. The molecule has 10 heteroatoms. The first-order valence-electron chi connectivity index (χ1n) is 12.0. The molecule has 188 valence electrons. The van der Waals surface area contributed by atoms with Gasteiger partial charge in [-0.15, -0.1) is 11.3 Å². The fourth-order valence-electron chi connectivity index (χ4n) is 4.56. The van der Waals surface area contributed by atoms with Crippen molar-refractivity contribution in [2.75, 3.05) is 5.32 Å². The van der Waals surface area contributed by atoms with Gasteiger partial charge in [-0.05, 0) is 42.5 Å². The third-order valence-corrected chi connectivity index (χ3v) is 7.32. The van der Waals surface area contributed by atoms with Crippen LogP contribution in [0.5, 0.6) is 0 Å². The van der Waals surface area contributed by atoms with Gasteiger partial charge in [0, 0.05) is 44.7 Å². The number of hydrogen-bond acceptors (Lipinski definition) is 6. The summed E-state index contributed by atoms with van der Waals surface area (Å²) in [4.78, 5) is 30.0. The minimum atomic E-state index is -0.241. The lowest BCUT2D eigenvalue weighted by Gasteiger charge is -2.07. The van der Waals surface area contributed by atoms with Crippen LogP contribution in [0.3, 0.4) is 0 Å². The average molecular weight is 532 g/mol. The number of nitrogens with one attached hydrogen (secondary N) is 3. The quantitative estimate of drug-likeness (QED) is 0.229. The number of aromatic amines is 2. The van der Waals surface area contributed by atoms with E-state index in [0.29, 0.717) is 16.9 Å². The minimum absolute atomic E-state index is 0.215. The number of anilines is 1. The standard InChI is InChI=1S/C29H18FN7OS/c30-27-7-6-26(39-27)21-13-32-14-24-19(21)9-23(35-24)28-20-10-22(33-15-25(20)36-37-28)17-8-18(12-31-11-17)34-29(38)16-4-2-1-3-5-16/h1-15,35H,(H,34,38)(H,36,37). The van der Waals surface area contributed by atoms with Crippen molar-refractivity contribution in [2.45, 2.75) is 0 Å². The van der Waals surface area contributed by atoms with Gasteiger partial charge in [-0.1, -0.05) is 18.2 Å². The molecular formula is C29H18FN7OS. The molecule has 0 atom stereocenters. The van der Waals surface area contributed by atoms with E-state index < -0.39 is 0 Å². The van der Waals surface area contributed by atoms with E-state index in [1.54, 1.807) is 49.2 Å². The Hall–Kier alpha value is -5.22. The summed E-state index contributed by atoms with van der Waals surface area (Å²) in [6.45, 7) is 0. The molecule has 6 aromatic heterocycles. The number of hydrogen-bond donors (Lipinski definition) is 3. The molecule has 0 bridgehead atoms. The molecule has 6 heterocycles. The molecule has 0 saturated heterocycles. The molecule has 3 N–H and O–H groups in total. The summed E-state index contributed by atoms with van der Waals surface area (Å²) in [5.74, 6) is -0.215. The number of pyridine rings is 3. The van der Waals surface area contributed by atoms with E-state index in [9.17, 15) is 9.18 Å². The fourth-order valence-corrected chi connectivity index (χ4v) is 5.31. The number of nitrogens with zero attached hydrogens (tertiary/aromatic N) is 4. The molecule has 8 nitrogen and oxygen atoms in total. The van der Waals surface area contributed by atoms with Crippen LogP contribution in [-0.2, 0) is 0 Å². The van der Waals surface area contributed by atoms with Gasteiger partial charge >= 0.3 is 0 Å². The van der Waals surface area contributed by atoms with E-state index in [4.69, 9.17) is 0 Å². The number of aromatic nitrogens is 6. The Labute approximate surface area is 224 Å². The van der Waals surface area contributed by atoms with Crippen LogP contribution in [0.2, 0.25) is 0 Å². The van der Waals surface area contributed by atoms with Crippen LogP contribution in [0.25, 0.3) is 54.9 Å². The summed E-state index contributed by atoms with van der Waals surface area (Å²) in [6, 6.07) is 18.0. The normalized spacial score (nSPS) is 11.3. The molecule has 7 rings (SSSR count). The molecule has 0 spiro atoms. The lowest BCUT2D eigenvalue weighted by atomic mass is 10.1. The van der Waals surface area contributed by atoms with Crippen molar-refractivity contribution < 1.29 is 9.18 Å². The summed E-state index contributed by atoms with van der Waals surface area (Å²) in [6.07, 6.45) is 8.51. The summed E-state index contributed by atoms with van der Waals surface area (Å²) in [5.41, 5.74) is 6.52. The average Bonchev–Trinajstić information content (AvgIpc) is 3.71. The predicted molar refractivity (Wildman–Crippen MR) is 150 cm³/mol. The van der Waals surface area contributed by atoms with Crippen molar-refractivity contribution in [3.63, 3.8) is 0 Å². The van der Waals surface area contributed by atoms with Crippen LogP contribution in [0.1, 0.15) is 10.4 Å². The highest BCUT2D eigenvalue weighted by Gasteiger charge is 2.16. The Morgan fingerprint density at radius 2 is 1.74 bits per heavy atom. The largest absolute Gasteiger partial charge is 0.352 e. The first-order chi connectivity index (χ1) is 19.1. The van der Waals surface area contributed by atoms with Crippen LogP contribution < -0.4 is 5.32 Å². The molecule has 7 aromatic rings. The number of rotatable bonds is 5. The molecule has 0 aliphatic rings. The summed E-state index contributed by atoms with van der Waals surface area (Å²) in [5, 5.41) is 12.0. The molecular weight excluding hydrogens is 513 g/mol. The molecule has 0 unspecified atom stereocenters. The zero-order valence-corrected chi connectivity index (χ0v) is 21.0. The van der Waals surface area contributed by atoms with Gasteiger partial charge in [-0.3, -0.25) is 24.8 Å². The molecule has 1 amide bonds. The SMILES string of the molecule is O=C(Nc1cncc(-c2cc3c(-c4cc5c(-c6ccc(F)s6)cncc5[nH]4)n[nH]c3cn2)c1)c1ccccc1. The third-order valence-electron chi connectivity index (χ3n) is 6.41. The molecule has 39 heavy (non-hydrogen) atoms. The Kier molecular flexibility index (Phi) is 5.45. The van der Waals surface area contributed by atoms with Crippen LogP contribution in [0, 0.1) is 5.13 Å². The Morgan fingerprint density at radius 3 is 2.59 bits per heavy atom. The lowest BCUT2D eigenvalue weighted by Crippen LogP contribution is -2.11. The van der Waals surface area contributed by atoms with Gasteiger partial charge < -0.3 is 10.3 Å². The van der Waals surface area contributed by atoms with Crippen LogP contribution >= 0.6 is 11.3 Å². The maximum absolute atomic E-state index is 13.7. The highest BCUT2D eigenvalue weighted by molar-refractivity contribution is 7.14. The van der Waals surface area contributed by atoms with E-state index in [2.05, 4.69) is 35.5 Å². The molecule has 0 aliphatic heterocycles. The van der Waals surface area contributed by atoms with Crippen molar-refractivity contribution in [1.29, 1.82) is 0 Å². The van der Waals surface area contributed by atoms with Crippen molar-refractivity contribution >= 4 is 44.7 Å². The third kappa shape index (κ3) is 4.22. The number of thiophene rings is 1. The van der Waals surface area contributed by atoms with Crippen LogP contribution in [-0.4, -0.2) is 36.0 Å². The van der Waals surface area contributed by atoms with Gasteiger partial charge in [0.2, 0.25) is 0 Å². The number of benzene rings is 1. The second-order valence-electron chi connectivity index (χ2n) is 8.90. The van der Waals surface area contributed by atoms with Crippen molar-refractivity contribution in [3.05, 3.63) is 102 Å². The van der Waals surface area contributed by atoms with Crippen molar-refractivity contribution in [2.24, 2.45) is 0 Å². The first-order valence-corrected chi connectivity index (χ1v) is 12.8. The number of amides is 1. The van der Waals surface area contributed by atoms with Gasteiger partial charge in [-0.25, -0.2) is 0 Å². The Balaban J connectivity index is 1.25. The number of halogens is 1. The van der Waals surface area contributed by atoms with Gasteiger partial charge in [0.05, 0.1) is 46.7 Å². The van der Waals surface area contributed by atoms with E-state index >= 15 is 0 Å². The number of carbonyl (C=O) groups excluding carboxylic acids is 1. The first kappa shape index (κ1) is 22.9. The topological polar surface area (TPSA) is 112 Å². The van der Waals surface area contributed by atoms with Gasteiger partial charge in [0.1, 0.15) is 5.69 Å². The Morgan fingerprint density at radius 1 is 0.872 bits per heavy atom. The Bertz CT molecular complexity index is 1990. The summed E-state index contributed by atoms with van der Waals surface area (Å²) < 4.78 is 13.7. The summed E-state index contributed by atoms with van der Waals surface area (Å²) in [7, 11) is 0. The van der Waals surface area contributed by atoms with E-state index in [1.807, 2.05) is 36.4 Å². The van der Waals surface area contributed by atoms with E-state index in [-0.39, 0.29) is 11.0 Å². The molecule has 0 fully saturated rings. The molecule has 0 saturated carbocycles. The van der Waals surface area contributed by atoms with Crippen molar-refractivity contribution in [3.8, 4) is 33.1 Å². The highest BCUT2D eigenvalue weighted by Crippen LogP contribution is 2.36. The number of fused-ring (bicyclic) bond motifs is 2. The minimum Gasteiger partial charge on any atom is -0.352 e. The number of carbonyl (C=O) groups is 1. The van der Waals surface area contributed by atoms with Crippen molar-refractivity contribution in [1.82, 2.24) is 30.1 Å². The van der Waals surface area contributed by atoms with Gasteiger partial charge in [0.15, 0.2) is 5.13 Å². The maximum Gasteiger partial charge on any atom is 0.255 e. The fraction of sp³-hybridized carbons (Fsp3) is 0. The smallest absolute Gasteiger partial charge is 0.255 e. The van der Waals surface area contributed by atoms with Crippen LogP contribution in [0.15, 0.2) is 91.6 Å². The maximum atomic E-state index is 13.7. The van der Waals surface area contributed by atoms with Gasteiger partial charge in [0.25, 0.3) is 5.91 Å². The zero-order chi connectivity index (χ0) is 26.3. The lowest BCUT2D eigenvalue weighted by molar-refractivity contribution is 0.102. The second-order valence-corrected chi connectivity index (χ2v) is 9.94. The highest BCUT2D eigenvalue weighted by atomic mass is 32.1. The monoisotopic (exact) mass is 531 g/mol. The van der Waals surface area contributed by atoms with E-state index in [1.165, 1.54) is 6.07 Å². The molecule has 0 aliphatic carbocycles. The molecule has 1 aromatic carbocycles. The van der Waals surface area contributed by atoms with Gasteiger partial charge in [-0.2, -0.15) is 9.49 Å².